The molecule has 0 amide bonds. The first kappa shape index (κ1) is 19.4. The van der Waals surface area contributed by atoms with Crippen molar-refractivity contribution in [3.8, 4) is 0 Å². The summed E-state index contributed by atoms with van der Waals surface area (Å²) in [6.45, 7) is 0.392. The van der Waals surface area contributed by atoms with Gasteiger partial charge in [-0.3, -0.25) is 0 Å². The number of anilines is 1. The van der Waals surface area contributed by atoms with Crippen LogP contribution in [0.1, 0.15) is 15.9 Å². The van der Waals surface area contributed by atoms with E-state index in [0.717, 1.165) is 24.6 Å². The largest absolute Gasteiger partial charge is 0.545 e. The molecule has 0 aromatic heterocycles. The number of carbonyl (C=O) groups excluding carboxylic acids is 1. The maximum Gasteiger partial charge on any atom is 0.177 e. The van der Waals surface area contributed by atoms with Gasteiger partial charge in [-0.15, -0.1) is 0 Å². The number of aromatic carboxylic acids is 1. The van der Waals surface area contributed by atoms with Gasteiger partial charge in [0.2, 0.25) is 0 Å². The number of rotatable bonds is 8. The minimum Gasteiger partial charge on any atom is -0.545 e. The van der Waals surface area contributed by atoms with E-state index in [2.05, 4.69) is 5.32 Å². The van der Waals surface area contributed by atoms with Gasteiger partial charge in [0.25, 0.3) is 0 Å². The lowest BCUT2D eigenvalue weighted by atomic mass is 10.1. The Morgan fingerprint density at radius 2 is 1.83 bits per heavy atom. The van der Waals surface area contributed by atoms with Gasteiger partial charge in [0.1, 0.15) is 0 Å². The molecular formula is C13H18NO7S2-. The molecule has 0 saturated carbocycles. The highest BCUT2D eigenvalue weighted by Crippen LogP contribution is 2.30. The van der Waals surface area contributed by atoms with Gasteiger partial charge >= 0.3 is 0 Å². The van der Waals surface area contributed by atoms with Crippen molar-refractivity contribution < 1.29 is 31.5 Å². The number of carboxylic acids is 1. The fourth-order valence-electron chi connectivity index (χ4n) is 2.01. The molecule has 130 valence electrons. The van der Waals surface area contributed by atoms with Crippen LogP contribution >= 0.6 is 0 Å². The van der Waals surface area contributed by atoms with Crippen LogP contribution in [-0.4, -0.2) is 55.6 Å². The summed E-state index contributed by atoms with van der Waals surface area (Å²) in [6.07, 6.45) is 1.88. The van der Waals surface area contributed by atoms with Crippen LogP contribution in [0, 0.1) is 0 Å². The predicted molar refractivity (Wildman–Crippen MR) is 82.8 cm³/mol. The highest BCUT2D eigenvalue weighted by molar-refractivity contribution is 7.91. The van der Waals surface area contributed by atoms with E-state index in [1.54, 1.807) is 0 Å². The number of methoxy groups -OCH3 is 1. The fourth-order valence-corrected chi connectivity index (χ4v) is 3.72. The second-order valence-electron chi connectivity index (χ2n) is 5.01. The molecule has 0 spiro atoms. The van der Waals surface area contributed by atoms with Gasteiger partial charge in [-0.2, -0.15) is 0 Å². The minimum atomic E-state index is -3.70. The molecule has 0 fully saturated rings. The summed E-state index contributed by atoms with van der Waals surface area (Å²) in [4.78, 5) is 11.1. The van der Waals surface area contributed by atoms with Gasteiger partial charge in [0.15, 0.2) is 19.7 Å². The average molecular weight is 364 g/mol. The minimum absolute atomic E-state index is 0.0586. The lowest BCUT2D eigenvalue weighted by Crippen LogP contribution is -2.26. The van der Waals surface area contributed by atoms with Gasteiger partial charge in [0.05, 0.1) is 28.9 Å². The van der Waals surface area contributed by atoms with Crippen LogP contribution in [0.2, 0.25) is 0 Å². The van der Waals surface area contributed by atoms with Gasteiger partial charge < -0.3 is 20.0 Å². The van der Waals surface area contributed by atoms with Gasteiger partial charge in [-0.25, -0.2) is 16.8 Å². The number of nitrogens with one attached hydrogen (secondary N) is 1. The zero-order valence-electron chi connectivity index (χ0n) is 13.0. The van der Waals surface area contributed by atoms with Crippen molar-refractivity contribution in [3.63, 3.8) is 0 Å². The fraction of sp³-hybridized carbons (Fsp3) is 0.462. The zero-order chi connectivity index (χ0) is 17.8. The normalized spacial score (nSPS) is 12.1. The summed E-state index contributed by atoms with van der Waals surface area (Å²) < 4.78 is 51.9. The maximum absolute atomic E-state index is 11.9. The number of benzene rings is 1. The van der Waals surface area contributed by atoms with Crippen molar-refractivity contribution in [2.75, 3.05) is 38.1 Å². The second-order valence-corrected chi connectivity index (χ2v) is 9.14. The second kappa shape index (κ2) is 7.28. The Kier molecular flexibility index (Phi) is 6.14. The summed E-state index contributed by atoms with van der Waals surface area (Å²) in [5.41, 5.74) is -0.578. The number of carbonyl (C=O) groups is 1. The topological polar surface area (TPSA) is 130 Å². The standard InChI is InChI=1S/C13H19NO7S2/c1-21-7-6-14-12-10(8-22(2,17)18)9(13(15)16)4-5-11(12)23(3,19)20/h4-5,14H,6-8H2,1-3H3,(H,15,16)/p-1. The summed E-state index contributed by atoms with van der Waals surface area (Å²) in [7, 11) is -5.87. The van der Waals surface area contributed by atoms with Crippen LogP contribution < -0.4 is 10.4 Å². The van der Waals surface area contributed by atoms with Crippen LogP contribution in [0.15, 0.2) is 17.0 Å². The van der Waals surface area contributed by atoms with E-state index in [0.29, 0.717) is 0 Å². The molecule has 8 nitrogen and oxygen atoms in total. The van der Waals surface area contributed by atoms with E-state index in [4.69, 9.17) is 4.74 Å². The van der Waals surface area contributed by atoms with Crippen molar-refractivity contribution in [2.24, 2.45) is 0 Å². The summed E-state index contributed by atoms with van der Waals surface area (Å²) in [5, 5.41) is 14.0. The van der Waals surface area contributed by atoms with Gasteiger partial charge in [-0.05, 0) is 6.07 Å². The SMILES string of the molecule is COCCNc1c(S(C)(=O)=O)ccc(C(=O)[O-])c1CS(C)(=O)=O. The van der Waals surface area contributed by atoms with Crippen molar-refractivity contribution in [1.29, 1.82) is 0 Å². The summed E-state index contributed by atoms with van der Waals surface area (Å²) in [5.74, 6) is -2.21. The first-order chi connectivity index (χ1) is 10.5. The highest BCUT2D eigenvalue weighted by atomic mass is 32.2. The highest BCUT2D eigenvalue weighted by Gasteiger charge is 2.22. The van der Waals surface area contributed by atoms with Crippen molar-refractivity contribution in [1.82, 2.24) is 0 Å². The molecule has 0 aliphatic carbocycles. The van der Waals surface area contributed by atoms with Crippen LogP contribution in [0.25, 0.3) is 0 Å². The van der Waals surface area contributed by atoms with Crippen LogP contribution in [0.3, 0.4) is 0 Å². The lowest BCUT2D eigenvalue weighted by Gasteiger charge is -2.19. The zero-order valence-corrected chi connectivity index (χ0v) is 14.6. The van der Waals surface area contributed by atoms with Crippen LogP contribution in [-0.2, 0) is 30.2 Å². The quantitative estimate of drug-likeness (QED) is 0.585. The molecule has 0 heterocycles. The van der Waals surface area contributed by atoms with E-state index in [-0.39, 0.29) is 34.9 Å². The average Bonchev–Trinajstić information content (AvgIpc) is 2.36. The van der Waals surface area contributed by atoms with E-state index in [1.807, 2.05) is 0 Å². The molecule has 1 N–H and O–H groups in total. The first-order valence-electron chi connectivity index (χ1n) is 6.45. The first-order valence-corrected chi connectivity index (χ1v) is 10.4. The molecular weight excluding hydrogens is 346 g/mol. The number of ether oxygens (including phenoxy) is 1. The van der Waals surface area contributed by atoms with Crippen molar-refractivity contribution >= 4 is 31.3 Å². The Balaban J connectivity index is 3.64. The molecule has 10 heteroatoms. The smallest absolute Gasteiger partial charge is 0.177 e. The number of carboxylic acid groups (broad SMARTS) is 1. The van der Waals surface area contributed by atoms with Gasteiger partial charge in [-0.1, -0.05) is 6.07 Å². The van der Waals surface area contributed by atoms with E-state index in [1.165, 1.54) is 7.11 Å². The molecule has 23 heavy (non-hydrogen) atoms. The molecule has 0 saturated heterocycles. The maximum atomic E-state index is 11.9. The third-order valence-corrected chi connectivity index (χ3v) is 4.86. The Hall–Kier alpha value is -1.65. The van der Waals surface area contributed by atoms with Crippen molar-refractivity contribution in [2.45, 2.75) is 10.6 Å². The monoisotopic (exact) mass is 364 g/mol. The molecule has 1 aromatic rings. The Labute approximate surface area is 135 Å². The number of sulfone groups is 2. The molecule has 0 aliphatic heterocycles. The summed E-state index contributed by atoms with van der Waals surface area (Å²) >= 11 is 0. The van der Waals surface area contributed by atoms with Crippen molar-refractivity contribution in [3.05, 3.63) is 23.3 Å². The summed E-state index contributed by atoms with van der Waals surface area (Å²) in [6, 6.07) is 2.15. The molecule has 1 rings (SSSR count). The number of hydrogen-bond donors (Lipinski definition) is 1. The number of hydrogen-bond acceptors (Lipinski definition) is 8. The molecule has 0 unspecified atom stereocenters. The van der Waals surface area contributed by atoms with E-state index < -0.39 is 31.4 Å². The molecule has 0 radical (unpaired) electrons. The Morgan fingerprint density at radius 1 is 1.22 bits per heavy atom. The lowest BCUT2D eigenvalue weighted by molar-refractivity contribution is -0.255. The Bertz CT molecular complexity index is 798. The molecule has 0 atom stereocenters. The molecule has 0 aliphatic rings. The van der Waals surface area contributed by atoms with Crippen LogP contribution in [0.5, 0.6) is 0 Å². The van der Waals surface area contributed by atoms with Crippen LogP contribution in [0.4, 0.5) is 5.69 Å². The third-order valence-electron chi connectivity index (χ3n) is 2.91. The molecule has 0 bridgehead atoms. The Morgan fingerprint density at radius 3 is 2.26 bits per heavy atom. The van der Waals surface area contributed by atoms with Gasteiger partial charge in [0, 0.05) is 37.3 Å². The predicted octanol–water partition coefficient (Wildman–Crippen LogP) is -0.943. The third kappa shape index (κ3) is 5.48. The van der Waals surface area contributed by atoms with E-state index >= 15 is 0 Å². The molecule has 1 aromatic carbocycles. The van der Waals surface area contributed by atoms with E-state index in [9.17, 15) is 26.7 Å².